The summed E-state index contributed by atoms with van der Waals surface area (Å²) in [5.74, 6) is -0.423. The van der Waals surface area contributed by atoms with E-state index in [0.29, 0.717) is 0 Å². The van der Waals surface area contributed by atoms with Gasteiger partial charge in [0.2, 0.25) is 5.91 Å². The van der Waals surface area contributed by atoms with Gasteiger partial charge in [-0.3, -0.25) is 9.59 Å². The van der Waals surface area contributed by atoms with Crippen molar-refractivity contribution in [1.29, 1.82) is 0 Å². The Balaban J connectivity index is 3.67. The third-order valence-electron chi connectivity index (χ3n) is 1.39. The van der Waals surface area contributed by atoms with Crippen LogP contribution in [0, 0.1) is 0 Å². The molecular formula is C8H15NO3. The van der Waals surface area contributed by atoms with Crippen LogP contribution in [0.5, 0.6) is 0 Å². The van der Waals surface area contributed by atoms with Gasteiger partial charge in [0.1, 0.15) is 6.61 Å². The molecule has 0 aromatic rings. The van der Waals surface area contributed by atoms with Crippen molar-refractivity contribution in [3.63, 3.8) is 0 Å². The molecule has 0 unspecified atom stereocenters. The van der Waals surface area contributed by atoms with Crippen molar-refractivity contribution in [1.82, 2.24) is 5.32 Å². The zero-order valence-corrected chi connectivity index (χ0v) is 7.72. The Bertz CT molecular complexity index is 168. The summed E-state index contributed by atoms with van der Waals surface area (Å²) in [5, 5.41) is 2.67. The molecule has 4 nitrogen and oxygen atoms in total. The van der Waals surface area contributed by atoms with Gasteiger partial charge in [-0.1, -0.05) is 6.92 Å². The van der Waals surface area contributed by atoms with Crippen molar-refractivity contribution in [2.24, 2.45) is 0 Å². The largest absolute Gasteiger partial charge is 0.464 e. The molecule has 0 heterocycles. The van der Waals surface area contributed by atoms with E-state index in [9.17, 15) is 9.59 Å². The normalized spacial score (nSPS) is 11.9. The Hall–Kier alpha value is -1.06. The van der Waals surface area contributed by atoms with Crippen LogP contribution < -0.4 is 5.32 Å². The van der Waals surface area contributed by atoms with E-state index in [1.165, 1.54) is 13.8 Å². The number of carbonyl (C=O) groups is 2. The molecule has 0 saturated heterocycles. The second-order valence-electron chi connectivity index (χ2n) is 2.61. The number of hydrogen-bond acceptors (Lipinski definition) is 3. The average molecular weight is 173 g/mol. The highest BCUT2D eigenvalue weighted by molar-refractivity contribution is 5.73. The van der Waals surface area contributed by atoms with Gasteiger partial charge in [0.25, 0.3) is 0 Å². The maximum atomic E-state index is 10.6. The molecule has 70 valence electrons. The summed E-state index contributed by atoms with van der Waals surface area (Å²) in [6.45, 7) is 4.96. The van der Waals surface area contributed by atoms with E-state index in [1.807, 2.05) is 6.92 Å². The van der Waals surface area contributed by atoms with Gasteiger partial charge in [-0.25, -0.2) is 0 Å². The van der Waals surface area contributed by atoms with Gasteiger partial charge in [0.15, 0.2) is 0 Å². The van der Waals surface area contributed by atoms with Crippen molar-refractivity contribution in [3.8, 4) is 0 Å². The van der Waals surface area contributed by atoms with Crippen LogP contribution in [-0.2, 0) is 14.3 Å². The number of carbonyl (C=O) groups excluding carboxylic acids is 2. The predicted molar refractivity (Wildman–Crippen MR) is 44.5 cm³/mol. The van der Waals surface area contributed by atoms with Gasteiger partial charge >= 0.3 is 5.97 Å². The first kappa shape index (κ1) is 10.9. The average Bonchev–Trinajstić information content (AvgIpc) is 1.97. The van der Waals surface area contributed by atoms with Crippen LogP contribution in [0.25, 0.3) is 0 Å². The van der Waals surface area contributed by atoms with Crippen LogP contribution in [0.3, 0.4) is 0 Å². The first-order valence-electron chi connectivity index (χ1n) is 3.96. The van der Waals surface area contributed by atoms with Gasteiger partial charge < -0.3 is 10.1 Å². The van der Waals surface area contributed by atoms with Crippen molar-refractivity contribution in [2.45, 2.75) is 33.2 Å². The molecule has 0 spiro atoms. The fraction of sp³-hybridized carbons (Fsp3) is 0.750. The van der Waals surface area contributed by atoms with Crippen LogP contribution in [-0.4, -0.2) is 24.5 Å². The quantitative estimate of drug-likeness (QED) is 0.628. The Labute approximate surface area is 72.3 Å². The lowest BCUT2D eigenvalue weighted by atomic mass is 10.2. The molecule has 12 heavy (non-hydrogen) atoms. The third kappa shape index (κ3) is 5.70. The molecule has 0 bridgehead atoms. The van der Waals surface area contributed by atoms with E-state index in [1.54, 1.807) is 0 Å². The van der Waals surface area contributed by atoms with Gasteiger partial charge in [0.05, 0.1) is 6.04 Å². The number of amides is 1. The molecule has 1 atom stereocenters. The minimum absolute atomic E-state index is 0.0635. The molecular weight excluding hydrogens is 158 g/mol. The lowest BCUT2D eigenvalue weighted by Crippen LogP contribution is -2.36. The molecule has 0 aliphatic carbocycles. The minimum Gasteiger partial charge on any atom is -0.464 e. The molecule has 0 fully saturated rings. The van der Waals surface area contributed by atoms with Crippen LogP contribution >= 0.6 is 0 Å². The molecule has 0 radical (unpaired) electrons. The number of nitrogens with one attached hydrogen (secondary N) is 1. The fourth-order valence-electron chi connectivity index (χ4n) is 0.767. The molecule has 0 aliphatic rings. The van der Waals surface area contributed by atoms with Crippen molar-refractivity contribution >= 4 is 11.9 Å². The second-order valence-corrected chi connectivity index (χ2v) is 2.61. The van der Waals surface area contributed by atoms with Crippen molar-refractivity contribution in [2.75, 3.05) is 6.61 Å². The Morgan fingerprint density at radius 3 is 2.33 bits per heavy atom. The summed E-state index contributed by atoms with van der Waals surface area (Å²) in [5.41, 5.74) is 0. The van der Waals surface area contributed by atoms with Crippen molar-refractivity contribution in [3.05, 3.63) is 0 Å². The summed E-state index contributed by atoms with van der Waals surface area (Å²) in [4.78, 5) is 21.0. The topological polar surface area (TPSA) is 55.4 Å². The standard InChI is InChI=1S/C8H15NO3/c1-4-8(9-6(2)10)5-12-7(3)11/h8H,4-5H2,1-3H3,(H,9,10)/t8-/m0/s1. The zero-order chi connectivity index (χ0) is 9.56. The Morgan fingerprint density at radius 1 is 1.42 bits per heavy atom. The predicted octanol–water partition coefficient (Wildman–Crippen LogP) is 0.464. The monoisotopic (exact) mass is 173 g/mol. The number of ether oxygens (including phenoxy) is 1. The van der Waals surface area contributed by atoms with E-state index in [-0.39, 0.29) is 24.5 Å². The summed E-state index contributed by atoms with van der Waals surface area (Å²) in [7, 11) is 0. The first-order chi connectivity index (χ1) is 5.56. The molecule has 1 amide bonds. The van der Waals surface area contributed by atoms with E-state index in [2.05, 4.69) is 5.32 Å². The third-order valence-corrected chi connectivity index (χ3v) is 1.39. The van der Waals surface area contributed by atoms with E-state index in [0.717, 1.165) is 6.42 Å². The second kappa shape index (κ2) is 5.57. The summed E-state index contributed by atoms with van der Waals surface area (Å²) >= 11 is 0. The number of rotatable bonds is 4. The van der Waals surface area contributed by atoms with Gasteiger partial charge in [-0.2, -0.15) is 0 Å². The Kier molecular flexibility index (Phi) is 5.08. The van der Waals surface area contributed by atoms with Crippen LogP contribution in [0.15, 0.2) is 0 Å². The van der Waals surface area contributed by atoms with Gasteiger partial charge in [0, 0.05) is 13.8 Å². The zero-order valence-electron chi connectivity index (χ0n) is 7.72. The van der Waals surface area contributed by atoms with Crippen molar-refractivity contribution < 1.29 is 14.3 Å². The highest BCUT2D eigenvalue weighted by Crippen LogP contribution is 1.92. The lowest BCUT2D eigenvalue weighted by molar-refractivity contribution is -0.142. The van der Waals surface area contributed by atoms with Crippen LogP contribution in [0.1, 0.15) is 27.2 Å². The SMILES string of the molecule is CC[C@@H](COC(C)=O)NC(C)=O. The Morgan fingerprint density at radius 2 is 2.00 bits per heavy atom. The minimum atomic E-state index is -0.321. The number of esters is 1. The first-order valence-corrected chi connectivity index (χ1v) is 3.96. The van der Waals surface area contributed by atoms with E-state index in [4.69, 9.17) is 4.74 Å². The molecule has 0 aromatic carbocycles. The maximum Gasteiger partial charge on any atom is 0.302 e. The maximum absolute atomic E-state index is 10.6. The summed E-state index contributed by atoms with van der Waals surface area (Å²) in [6, 6.07) is -0.0635. The lowest BCUT2D eigenvalue weighted by Gasteiger charge is -2.14. The molecule has 0 saturated carbocycles. The highest BCUT2D eigenvalue weighted by Gasteiger charge is 2.08. The van der Waals surface area contributed by atoms with Gasteiger partial charge in [-0.05, 0) is 6.42 Å². The molecule has 0 rings (SSSR count). The van der Waals surface area contributed by atoms with Crippen LogP contribution in [0.4, 0.5) is 0 Å². The highest BCUT2D eigenvalue weighted by atomic mass is 16.5. The molecule has 4 heteroatoms. The van der Waals surface area contributed by atoms with Gasteiger partial charge in [-0.15, -0.1) is 0 Å². The summed E-state index contributed by atoms with van der Waals surface area (Å²) < 4.78 is 4.74. The molecule has 0 aromatic heterocycles. The smallest absolute Gasteiger partial charge is 0.302 e. The molecule has 0 aliphatic heterocycles. The molecule has 1 N–H and O–H groups in total. The number of hydrogen-bond donors (Lipinski definition) is 1. The van der Waals surface area contributed by atoms with E-state index < -0.39 is 0 Å². The summed E-state index contributed by atoms with van der Waals surface area (Å²) in [6.07, 6.45) is 0.757. The van der Waals surface area contributed by atoms with E-state index >= 15 is 0 Å². The fourth-order valence-corrected chi connectivity index (χ4v) is 0.767. The van der Waals surface area contributed by atoms with Crippen LogP contribution in [0.2, 0.25) is 0 Å².